The Labute approximate surface area is 133 Å². The zero-order chi connectivity index (χ0) is 14.8. The number of carbonyl (C=O) groups excluding carboxylic acids is 1. The molecule has 6 nitrogen and oxygen atoms in total. The molecule has 0 aromatic heterocycles. The summed E-state index contributed by atoms with van der Waals surface area (Å²) in [6.07, 6.45) is 6.55. The van der Waals surface area contributed by atoms with Gasteiger partial charge < -0.3 is 10.6 Å². The molecule has 1 aliphatic carbocycles. The molecule has 1 saturated carbocycles. The van der Waals surface area contributed by atoms with Crippen molar-refractivity contribution in [3.63, 3.8) is 0 Å². The lowest BCUT2D eigenvalue weighted by atomic mass is 9.81. The molecule has 1 saturated heterocycles. The van der Waals surface area contributed by atoms with Crippen LogP contribution >= 0.6 is 12.4 Å². The van der Waals surface area contributed by atoms with Crippen molar-refractivity contribution in [1.82, 2.24) is 9.21 Å². The van der Waals surface area contributed by atoms with Crippen molar-refractivity contribution in [2.45, 2.75) is 44.1 Å². The van der Waals surface area contributed by atoms with Gasteiger partial charge in [-0.25, -0.2) is 12.7 Å². The number of carbonyl (C=O) groups is 1. The molecule has 0 unspecified atom stereocenters. The molecule has 2 aliphatic rings. The Morgan fingerprint density at radius 2 is 1.62 bits per heavy atom. The van der Waals surface area contributed by atoms with Crippen LogP contribution in [0.4, 0.5) is 0 Å². The predicted molar refractivity (Wildman–Crippen MR) is 84.9 cm³/mol. The van der Waals surface area contributed by atoms with Crippen LogP contribution in [0.25, 0.3) is 0 Å². The Morgan fingerprint density at radius 3 is 2.19 bits per heavy atom. The van der Waals surface area contributed by atoms with Gasteiger partial charge in [0.1, 0.15) is 0 Å². The number of amides is 1. The molecule has 1 amide bonds. The first-order chi connectivity index (χ1) is 9.33. The quantitative estimate of drug-likeness (QED) is 0.797. The zero-order valence-electron chi connectivity index (χ0n) is 12.6. The van der Waals surface area contributed by atoms with Gasteiger partial charge in [-0.05, 0) is 19.3 Å². The summed E-state index contributed by atoms with van der Waals surface area (Å²) in [5.74, 6) is 0.00699. The lowest BCUT2D eigenvalue weighted by molar-refractivity contribution is -0.138. The van der Waals surface area contributed by atoms with E-state index in [1.807, 2.05) is 0 Å². The smallest absolute Gasteiger partial charge is 0.242 e. The van der Waals surface area contributed by atoms with Crippen molar-refractivity contribution in [2.75, 3.05) is 32.4 Å². The van der Waals surface area contributed by atoms with Crippen molar-refractivity contribution in [1.29, 1.82) is 0 Å². The summed E-state index contributed by atoms with van der Waals surface area (Å²) >= 11 is 0. The SMILES string of the molecule is CS(=O)(=O)N1CCCN(C(=O)C2(N)CCCCC2)CC1.Cl. The van der Waals surface area contributed by atoms with E-state index < -0.39 is 15.6 Å². The number of halogens is 1. The normalized spacial score (nSPS) is 24.0. The number of sulfonamides is 1. The molecule has 124 valence electrons. The number of rotatable bonds is 2. The highest BCUT2D eigenvalue weighted by molar-refractivity contribution is 7.88. The molecule has 2 rings (SSSR count). The highest BCUT2D eigenvalue weighted by atomic mass is 35.5. The molecule has 0 atom stereocenters. The van der Waals surface area contributed by atoms with Crippen LogP contribution in [0.3, 0.4) is 0 Å². The van der Waals surface area contributed by atoms with Crippen LogP contribution in [0.2, 0.25) is 0 Å². The van der Waals surface area contributed by atoms with Gasteiger partial charge in [-0.3, -0.25) is 4.79 Å². The van der Waals surface area contributed by atoms with E-state index in [-0.39, 0.29) is 18.3 Å². The summed E-state index contributed by atoms with van der Waals surface area (Å²) in [4.78, 5) is 14.4. The molecule has 2 fully saturated rings. The maximum Gasteiger partial charge on any atom is 0.242 e. The molecule has 8 heteroatoms. The highest BCUT2D eigenvalue weighted by Crippen LogP contribution is 2.28. The van der Waals surface area contributed by atoms with Crippen LogP contribution in [0, 0.1) is 0 Å². The number of hydrogen-bond donors (Lipinski definition) is 1. The molecular weight excluding hydrogens is 314 g/mol. The van der Waals surface area contributed by atoms with E-state index in [4.69, 9.17) is 5.73 Å². The fourth-order valence-electron chi connectivity index (χ4n) is 3.14. The standard InChI is InChI=1S/C13H25N3O3S.ClH/c1-20(18,19)16-9-5-8-15(10-11-16)12(17)13(14)6-3-2-4-7-13;/h2-11,14H2,1H3;1H. The van der Waals surface area contributed by atoms with Crippen LogP contribution in [0.5, 0.6) is 0 Å². The van der Waals surface area contributed by atoms with Crippen molar-refractivity contribution < 1.29 is 13.2 Å². The highest BCUT2D eigenvalue weighted by Gasteiger charge is 2.39. The number of nitrogens with two attached hydrogens (primary N) is 1. The minimum absolute atomic E-state index is 0. The largest absolute Gasteiger partial charge is 0.340 e. The maximum atomic E-state index is 12.6. The second-order valence-electron chi connectivity index (χ2n) is 6.02. The van der Waals surface area contributed by atoms with Crippen LogP contribution < -0.4 is 5.73 Å². The van der Waals surface area contributed by atoms with Gasteiger partial charge in [-0.15, -0.1) is 12.4 Å². The van der Waals surface area contributed by atoms with Crippen molar-refractivity contribution in [3.8, 4) is 0 Å². The Kier molecular flexibility index (Phi) is 6.46. The van der Waals surface area contributed by atoms with Crippen LogP contribution in [-0.4, -0.2) is 61.5 Å². The van der Waals surface area contributed by atoms with Crippen molar-refractivity contribution in [3.05, 3.63) is 0 Å². The van der Waals surface area contributed by atoms with Crippen molar-refractivity contribution >= 4 is 28.3 Å². The summed E-state index contributed by atoms with van der Waals surface area (Å²) in [5, 5.41) is 0. The summed E-state index contributed by atoms with van der Waals surface area (Å²) in [7, 11) is -3.17. The van der Waals surface area contributed by atoms with E-state index >= 15 is 0 Å². The van der Waals surface area contributed by atoms with Gasteiger partial charge in [-0.2, -0.15) is 0 Å². The average Bonchev–Trinajstić information content (AvgIpc) is 2.64. The lowest BCUT2D eigenvalue weighted by Gasteiger charge is -2.36. The molecule has 1 aliphatic heterocycles. The Bertz CT molecular complexity index is 463. The van der Waals surface area contributed by atoms with E-state index in [0.717, 1.165) is 32.1 Å². The summed E-state index contributed by atoms with van der Waals surface area (Å²) < 4.78 is 24.6. The van der Waals surface area contributed by atoms with Gasteiger partial charge in [0.15, 0.2) is 0 Å². The third-order valence-electron chi connectivity index (χ3n) is 4.38. The molecule has 0 aromatic rings. The summed E-state index contributed by atoms with van der Waals surface area (Å²) in [5.41, 5.74) is 5.56. The monoisotopic (exact) mass is 339 g/mol. The van der Waals surface area contributed by atoms with Gasteiger partial charge in [0.05, 0.1) is 11.8 Å². The predicted octanol–water partition coefficient (Wildman–Crippen LogP) is 0.564. The molecule has 0 bridgehead atoms. The van der Waals surface area contributed by atoms with Gasteiger partial charge in [-0.1, -0.05) is 19.3 Å². The fourth-order valence-corrected chi connectivity index (χ4v) is 4.01. The number of nitrogens with zero attached hydrogens (tertiary/aromatic N) is 2. The average molecular weight is 340 g/mol. The van der Waals surface area contributed by atoms with Crippen LogP contribution in [0.1, 0.15) is 38.5 Å². The van der Waals surface area contributed by atoms with E-state index in [9.17, 15) is 13.2 Å². The maximum absolute atomic E-state index is 12.6. The second-order valence-corrected chi connectivity index (χ2v) is 8.01. The first-order valence-electron chi connectivity index (χ1n) is 7.36. The number of hydrogen-bond acceptors (Lipinski definition) is 4. The van der Waals surface area contributed by atoms with Crippen LogP contribution in [0.15, 0.2) is 0 Å². The third-order valence-corrected chi connectivity index (χ3v) is 5.69. The van der Waals surface area contributed by atoms with Crippen LogP contribution in [-0.2, 0) is 14.8 Å². The van der Waals surface area contributed by atoms with Crippen molar-refractivity contribution in [2.24, 2.45) is 5.73 Å². The molecule has 0 spiro atoms. The van der Waals surface area contributed by atoms with Gasteiger partial charge in [0.25, 0.3) is 0 Å². The van der Waals surface area contributed by atoms with E-state index in [1.54, 1.807) is 4.90 Å². The second kappa shape index (κ2) is 7.26. The minimum Gasteiger partial charge on any atom is -0.340 e. The van der Waals surface area contributed by atoms with E-state index in [1.165, 1.54) is 10.6 Å². The molecule has 0 aromatic carbocycles. The molecule has 1 heterocycles. The zero-order valence-corrected chi connectivity index (χ0v) is 14.2. The Hall–Kier alpha value is -0.370. The first-order valence-corrected chi connectivity index (χ1v) is 9.21. The fraction of sp³-hybridized carbons (Fsp3) is 0.923. The summed E-state index contributed by atoms with van der Waals surface area (Å²) in [6, 6.07) is 0. The van der Waals surface area contributed by atoms with E-state index in [0.29, 0.717) is 32.6 Å². The lowest BCUT2D eigenvalue weighted by Crippen LogP contribution is -2.56. The first kappa shape index (κ1) is 18.7. The Morgan fingerprint density at radius 1 is 1.00 bits per heavy atom. The minimum atomic E-state index is -3.17. The Balaban J connectivity index is 0.00000220. The topological polar surface area (TPSA) is 83.7 Å². The molecular formula is C13H26ClN3O3S. The van der Waals surface area contributed by atoms with Gasteiger partial charge in [0, 0.05) is 26.2 Å². The van der Waals surface area contributed by atoms with Gasteiger partial charge in [0.2, 0.25) is 15.9 Å². The molecule has 21 heavy (non-hydrogen) atoms. The molecule has 0 radical (unpaired) electrons. The molecule has 2 N–H and O–H groups in total. The van der Waals surface area contributed by atoms with E-state index in [2.05, 4.69) is 0 Å². The third kappa shape index (κ3) is 4.55. The van der Waals surface area contributed by atoms with Gasteiger partial charge >= 0.3 is 0 Å². The summed E-state index contributed by atoms with van der Waals surface area (Å²) in [6.45, 7) is 1.91.